The molecule has 3 aromatic rings. The molecule has 29 heavy (non-hydrogen) atoms. The maximum absolute atomic E-state index is 5.87. The van der Waals surface area contributed by atoms with Crippen molar-refractivity contribution in [3.05, 3.63) is 71.4 Å². The number of nitrogens with one attached hydrogen (secondary N) is 2. The smallest absolute Gasteiger partial charge is 0.191 e. The molecule has 0 spiro atoms. The van der Waals surface area contributed by atoms with Crippen LogP contribution in [0.25, 0.3) is 10.9 Å². The Balaban J connectivity index is 1.62. The van der Waals surface area contributed by atoms with Crippen molar-refractivity contribution in [2.75, 3.05) is 27.4 Å². The van der Waals surface area contributed by atoms with Crippen molar-refractivity contribution in [1.29, 1.82) is 0 Å². The lowest BCUT2D eigenvalue weighted by Crippen LogP contribution is -2.36. The predicted molar refractivity (Wildman–Crippen MR) is 117 cm³/mol. The average Bonchev–Trinajstić information content (AvgIpc) is 2.75. The highest BCUT2D eigenvalue weighted by Crippen LogP contribution is 2.20. The number of methoxy groups -OCH3 is 1. The van der Waals surface area contributed by atoms with Gasteiger partial charge in [0.15, 0.2) is 5.96 Å². The van der Waals surface area contributed by atoms with Crippen molar-refractivity contribution in [3.8, 4) is 5.75 Å². The molecule has 0 saturated heterocycles. The first-order valence-electron chi connectivity index (χ1n) is 9.69. The number of guanidine groups is 1. The molecule has 1 aromatic heterocycles. The number of fused-ring (bicyclic) bond motifs is 1. The lowest BCUT2D eigenvalue weighted by molar-refractivity contribution is 0.145. The van der Waals surface area contributed by atoms with Gasteiger partial charge in [0.25, 0.3) is 0 Å². The highest BCUT2D eigenvalue weighted by Gasteiger charge is 2.07. The molecule has 3 rings (SSSR count). The van der Waals surface area contributed by atoms with Gasteiger partial charge in [-0.1, -0.05) is 30.3 Å². The first-order valence-corrected chi connectivity index (χ1v) is 9.69. The Kier molecular flexibility index (Phi) is 7.41. The van der Waals surface area contributed by atoms with E-state index in [1.807, 2.05) is 36.5 Å². The average molecular weight is 393 g/mol. The zero-order valence-corrected chi connectivity index (χ0v) is 17.2. The fourth-order valence-electron chi connectivity index (χ4n) is 3.06. The molecule has 0 amide bonds. The molecule has 0 atom stereocenters. The fourth-order valence-corrected chi connectivity index (χ4v) is 3.06. The predicted octanol–water partition coefficient (Wildman–Crippen LogP) is 3.43. The summed E-state index contributed by atoms with van der Waals surface area (Å²) in [7, 11) is 3.44. The van der Waals surface area contributed by atoms with Gasteiger partial charge < -0.3 is 20.1 Å². The summed E-state index contributed by atoms with van der Waals surface area (Å²) in [5, 5.41) is 7.89. The molecule has 6 nitrogen and oxygen atoms in total. The van der Waals surface area contributed by atoms with E-state index in [1.165, 1.54) is 5.56 Å². The SMILES string of the molecule is CN=C(NCc1ccc(C)cc1OCCOC)NCc1ccnc2ccccc12. The lowest BCUT2D eigenvalue weighted by atomic mass is 10.1. The summed E-state index contributed by atoms with van der Waals surface area (Å²) in [5.74, 6) is 1.60. The van der Waals surface area contributed by atoms with Gasteiger partial charge in [0, 0.05) is 44.4 Å². The normalized spacial score (nSPS) is 11.5. The van der Waals surface area contributed by atoms with Gasteiger partial charge in [0.2, 0.25) is 0 Å². The molecule has 0 bridgehead atoms. The third-order valence-electron chi connectivity index (χ3n) is 4.62. The third kappa shape index (κ3) is 5.68. The molecule has 1 heterocycles. The molecule has 0 aliphatic heterocycles. The second-order valence-corrected chi connectivity index (χ2v) is 6.72. The zero-order chi connectivity index (χ0) is 20.5. The molecule has 6 heteroatoms. The lowest BCUT2D eigenvalue weighted by Gasteiger charge is -2.16. The number of pyridine rings is 1. The maximum Gasteiger partial charge on any atom is 0.191 e. The Morgan fingerprint density at radius 1 is 1.00 bits per heavy atom. The molecule has 2 aromatic carbocycles. The number of aliphatic imine (C=N–C) groups is 1. The quantitative estimate of drug-likeness (QED) is 0.349. The van der Waals surface area contributed by atoms with E-state index in [0.717, 1.165) is 33.7 Å². The van der Waals surface area contributed by atoms with Crippen LogP contribution < -0.4 is 15.4 Å². The topological polar surface area (TPSA) is 67.8 Å². The minimum absolute atomic E-state index is 0.523. The van der Waals surface area contributed by atoms with Gasteiger partial charge in [-0.15, -0.1) is 0 Å². The van der Waals surface area contributed by atoms with E-state index in [0.29, 0.717) is 26.3 Å². The van der Waals surface area contributed by atoms with Crippen LogP contribution in [-0.4, -0.2) is 38.3 Å². The van der Waals surface area contributed by atoms with E-state index in [-0.39, 0.29) is 0 Å². The minimum atomic E-state index is 0.523. The zero-order valence-electron chi connectivity index (χ0n) is 17.2. The van der Waals surface area contributed by atoms with E-state index in [1.54, 1.807) is 14.2 Å². The van der Waals surface area contributed by atoms with E-state index < -0.39 is 0 Å². The second-order valence-electron chi connectivity index (χ2n) is 6.72. The fraction of sp³-hybridized carbons (Fsp3) is 0.304. The number of ether oxygens (including phenoxy) is 2. The van der Waals surface area contributed by atoms with Crippen LogP contribution in [0.5, 0.6) is 5.75 Å². The summed E-state index contributed by atoms with van der Waals surface area (Å²) in [4.78, 5) is 8.75. The summed E-state index contributed by atoms with van der Waals surface area (Å²) in [6.07, 6.45) is 1.84. The number of aromatic nitrogens is 1. The van der Waals surface area contributed by atoms with E-state index in [2.05, 4.69) is 45.7 Å². The van der Waals surface area contributed by atoms with Gasteiger partial charge in [-0.3, -0.25) is 9.98 Å². The van der Waals surface area contributed by atoms with E-state index in [9.17, 15) is 0 Å². The van der Waals surface area contributed by atoms with Crippen molar-refractivity contribution in [2.24, 2.45) is 4.99 Å². The van der Waals surface area contributed by atoms with Gasteiger partial charge >= 0.3 is 0 Å². The molecule has 0 saturated carbocycles. The molecule has 0 aliphatic rings. The standard InChI is InChI=1S/C23H28N4O2/c1-17-8-9-19(22(14-17)29-13-12-28-3)16-27-23(24-2)26-15-18-10-11-25-21-7-5-4-6-20(18)21/h4-11,14H,12-13,15-16H2,1-3H3,(H2,24,26,27). The van der Waals surface area contributed by atoms with Gasteiger partial charge in [0.1, 0.15) is 12.4 Å². The summed E-state index contributed by atoms with van der Waals surface area (Å²) in [6.45, 7) is 4.41. The Morgan fingerprint density at radius 2 is 1.79 bits per heavy atom. The van der Waals surface area contributed by atoms with Crippen molar-refractivity contribution >= 4 is 16.9 Å². The molecule has 0 unspecified atom stereocenters. The van der Waals surface area contributed by atoms with Crippen LogP contribution >= 0.6 is 0 Å². The Morgan fingerprint density at radius 3 is 2.59 bits per heavy atom. The van der Waals surface area contributed by atoms with Gasteiger partial charge in [-0.2, -0.15) is 0 Å². The Bertz CT molecular complexity index is 967. The number of hydrogen-bond donors (Lipinski definition) is 2. The minimum Gasteiger partial charge on any atom is -0.491 e. The second kappa shape index (κ2) is 10.4. The number of benzene rings is 2. The summed E-state index contributed by atoms with van der Waals surface area (Å²) < 4.78 is 10.9. The number of rotatable bonds is 8. The molecule has 152 valence electrons. The van der Waals surface area contributed by atoms with Gasteiger partial charge in [-0.05, 0) is 36.2 Å². The molecule has 2 N–H and O–H groups in total. The summed E-state index contributed by atoms with van der Waals surface area (Å²) in [6, 6.07) is 16.4. The largest absolute Gasteiger partial charge is 0.491 e. The van der Waals surface area contributed by atoms with Crippen LogP contribution in [0, 0.1) is 6.92 Å². The van der Waals surface area contributed by atoms with Crippen LogP contribution in [0.4, 0.5) is 0 Å². The Labute approximate surface area is 172 Å². The summed E-state index contributed by atoms with van der Waals surface area (Å²) >= 11 is 0. The maximum atomic E-state index is 5.87. The van der Waals surface area contributed by atoms with E-state index >= 15 is 0 Å². The first kappa shape index (κ1) is 20.6. The first-order chi connectivity index (χ1) is 14.2. The highest BCUT2D eigenvalue weighted by molar-refractivity contribution is 5.83. The van der Waals surface area contributed by atoms with Crippen LogP contribution in [-0.2, 0) is 17.8 Å². The third-order valence-corrected chi connectivity index (χ3v) is 4.62. The number of hydrogen-bond acceptors (Lipinski definition) is 4. The number of nitrogens with zero attached hydrogens (tertiary/aromatic N) is 2. The van der Waals surface area contributed by atoms with Crippen LogP contribution in [0.1, 0.15) is 16.7 Å². The molecule has 0 aliphatic carbocycles. The van der Waals surface area contributed by atoms with Gasteiger partial charge in [-0.25, -0.2) is 0 Å². The van der Waals surface area contributed by atoms with Crippen molar-refractivity contribution < 1.29 is 9.47 Å². The highest BCUT2D eigenvalue weighted by atomic mass is 16.5. The van der Waals surface area contributed by atoms with E-state index in [4.69, 9.17) is 9.47 Å². The molecule has 0 radical (unpaired) electrons. The van der Waals surface area contributed by atoms with Crippen LogP contribution in [0.15, 0.2) is 59.7 Å². The molecular weight excluding hydrogens is 364 g/mol. The van der Waals surface area contributed by atoms with Crippen molar-refractivity contribution in [2.45, 2.75) is 20.0 Å². The number of para-hydroxylation sites is 1. The van der Waals surface area contributed by atoms with Gasteiger partial charge in [0.05, 0.1) is 12.1 Å². The number of aryl methyl sites for hydroxylation is 1. The Hall–Kier alpha value is -3.12. The molecular formula is C23H28N4O2. The van der Waals surface area contributed by atoms with Crippen LogP contribution in [0.3, 0.4) is 0 Å². The summed E-state index contributed by atoms with van der Waals surface area (Å²) in [5.41, 5.74) is 4.40. The van der Waals surface area contributed by atoms with Crippen LogP contribution in [0.2, 0.25) is 0 Å². The van der Waals surface area contributed by atoms with Crippen molar-refractivity contribution in [3.63, 3.8) is 0 Å². The van der Waals surface area contributed by atoms with Crippen molar-refractivity contribution in [1.82, 2.24) is 15.6 Å². The monoisotopic (exact) mass is 392 g/mol. The molecule has 0 fully saturated rings.